The summed E-state index contributed by atoms with van der Waals surface area (Å²) in [4.78, 5) is 34.8. The van der Waals surface area contributed by atoms with Crippen molar-refractivity contribution in [3.05, 3.63) is 59.2 Å². The highest BCUT2D eigenvalue weighted by molar-refractivity contribution is 5.95. The Morgan fingerprint density at radius 3 is 2.42 bits per heavy atom. The molecule has 1 saturated heterocycles. The largest absolute Gasteiger partial charge is 0.352 e. The summed E-state index contributed by atoms with van der Waals surface area (Å²) in [6, 6.07) is 3.69. The standard InChI is InChI=1S/C20H24N4O2/c1-14-3-7-21-11-17(14)19(25)23-9-5-16-6-10-24(13-16)20(26)18-12-22-8-4-15(18)2/h3-4,7-8,11-12,16H,5-6,9-10,13H2,1-2H3,(H,23,25). The number of nitrogens with zero attached hydrogens (tertiary/aromatic N) is 3. The van der Waals surface area contributed by atoms with Crippen molar-refractivity contribution in [2.45, 2.75) is 26.7 Å². The van der Waals surface area contributed by atoms with E-state index in [-0.39, 0.29) is 11.8 Å². The average molecular weight is 352 g/mol. The highest BCUT2D eigenvalue weighted by atomic mass is 16.2. The van der Waals surface area contributed by atoms with E-state index in [1.165, 1.54) is 0 Å². The van der Waals surface area contributed by atoms with E-state index in [2.05, 4.69) is 15.3 Å². The maximum absolute atomic E-state index is 12.6. The summed E-state index contributed by atoms with van der Waals surface area (Å²) in [7, 11) is 0. The zero-order valence-corrected chi connectivity index (χ0v) is 15.2. The molecule has 0 spiro atoms. The number of carbonyl (C=O) groups is 2. The van der Waals surface area contributed by atoms with Crippen molar-refractivity contribution in [1.82, 2.24) is 20.2 Å². The monoisotopic (exact) mass is 352 g/mol. The van der Waals surface area contributed by atoms with Crippen LogP contribution < -0.4 is 5.32 Å². The molecule has 2 amide bonds. The predicted molar refractivity (Wildman–Crippen MR) is 98.9 cm³/mol. The molecule has 0 saturated carbocycles. The van der Waals surface area contributed by atoms with E-state index in [9.17, 15) is 9.59 Å². The second kappa shape index (κ2) is 8.08. The van der Waals surface area contributed by atoms with Crippen molar-refractivity contribution in [3.63, 3.8) is 0 Å². The summed E-state index contributed by atoms with van der Waals surface area (Å²) >= 11 is 0. The van der Waals surface area contributed by atoms with Gasteiger partial charge in [-0.2, -0.15) is 0 Å². The minimum atomic E-state index is -0.0903. The van der Waals surface area contributed by atoms with Crippen molar-refractivity contribution in [2.24, 2.45) is 5.92 Å². The summed E-state index contributed by atoms with van der Waals surface area (Å²) in [6.07, 6.45) is 8.44. The number of carbonyl (C=O) groups excluding carboxylic acids is 2. The third-order valence-electron chi connectivity index (χ3n) is 4.96. The van der Waals surface area contributed by atoms with E-state index in [1.54, 1.807) is 24.8 Å². The number of amides is 2. The Labute approximate surface area is 153 Å². The molecular weight excluding hydrogens is 328 g/mol. The van der Waals surface area contributed by atoms with Gasteiger partial charge in [0.25, 0.3) is 11.8 Å². The first-order chi connectivity index (χ1) is 12.6. The number of aromatic nitrogens is 2. The zero-order valence-electron chi connectivity index (χ0n) is 15.2. The van der Waals surface area contributed by atoms with Crippen molar-refractivity contribution < 1.29 is 9.59 Å². The fourth-order valence-corrected chi connectivity index (χ4v) is 3.30. The van der Waals surface area contributed by atoms with Crippen LogP contribution in [0.3, 0.4) is 0 Å². The highest BCUT2D eigenvalue weighted by Gasteiger charge is 2.27. The lowest BCUT2D eigenvalue weighted by Crippen LogP contribution is -2.30. The van der Waals surface area contributed by atoms with Crippen molar-refractivity contribution in [1.29, 1.82) is 0 Å². The van der Waals surface area contributed by atoms with E-state index >= 15 is 0 Å². The number of likely N-dealkylation sites (tertiary alicyclic amines) is 1. The highest BCUT2D eigenvalue weighted by Crippen LogP contribution is 2.22. The van der Waals surface area contributed by atoms with Gasteiger partial charge in [-0.05, 0) is 55.9 Å². The molecule has 1 atom stereocenters. The van der Waals surface area contributed by atoms with Crippen LogP contribution in [0.5, 0.6) is 0 Å². The van der Waals surface area contributed by atoms with Gasteiger partial charge in [-0.25, -0.2) is 0 Å². The van der Waals surface area contributed by atoms with Gasteiger partial charge in [0.15, 0.2) is 0 Å². The minimum Gasteiger partial charge on any atom is -0.352 e. The molecule has 3 rings (SSSR count). The number of rotatable bonds is 5. The van der Waals surface area contributed by atoms with Crippen LogP contribution >= 0.6 is 0 Å². The maximum atomic E-state index is 12.6. The Kier molecular flexibility index (Phi) is 5.61. The van der Waals surface area contributed by atoms with Crippen LogP contribution in [0.4, 0.5) is 0 Å². The second-order valence-corrected chi connectivity index (χ2v) is 6.83. The molecule has 2 aromatic heterocycles. The van der Waals surface area contributed by atoms with Gasteiger partial charge >= 0.3 is 0 Å². The minimum absolute atomic E-state index is 0.0492. The van der Waals surface area contributed by atoms with Crippen LogP contribution in [0.2, 0.25) is 0 Å². The van der Waals surface area contributed by atoms with Gasteiger partial charge in [0.2, 0.25) is 0 Å². The summed E-state index contributed by atoms with van der Waals surface area (Å²) in [5, 5.41) is 2.96. The van der Waals surface area contributed by atoms with Crippen molar-refractivity contribution >= 4 is 11.8 Å². The predicted octanol–water partition coefficient (Wildman–Crippen LogP) is 2.38. The SMILES string of the molecule is Cc1ccncc1C(=O)NCCC1CCN(C(=O)c2cnccc2C)C1. The van der Waals surface area contributed by atoms with Crippen LogP contribution in [0.25, 0.3) is 0 Å². The van der Waals surface area contributed by atoms with Gasteiger partial charge < -0.3 is 10.2 Å². The van der Waals surface area contributed by atoms with E-state index in [0.717, 1.165) is 37.1 Å². The molecule has 136 valence electrons. The van der Waals surface area contributed by atoms with Gasteiger partial charge in [0.1, 0.15) is 0 Å². The Hall–Kier alpha value is -2.76. The van der Waals surface area contributed by atoms with Gasteiger partial charge in [-0.15, -0.1) is 0 Å². The van der Waals surface area contributed by atoms with Gasteiger partial charge in [-0.1, -0.05) is 0 Å². The Bertz CT molecular complexity index is 806. The Morgan fingerprint density at radius 1 is 1.12 bits per heavy atom. The number of pyridine rings is 2. The fourth-order valence-electron chi connectivity index (χ4n) is 3.30. The molecule has 0 aliphatic carbocycles. The number of hydrogen-bond acceptors (Lipinski definition) is 4. The lowest BCUT2D eigenvalue weighted by atomic mass is 10.0. The van der Waals surface area contributed by atoms with Crippen LogP contribution in [0.15, 0.2) is 36.9 Å². The molecule has 1 fully saturated rings. The number of hydrogen-bond donors (Lipinski definition) is 1. The third-order valence-corrected chi connectivity index (χ3v) is 4.96. The first-order valence-electron chi connectivity index (χ1n) is 8.95. The maximum Gasteiger partial charge on any atom is 0.255 e. The molecule has 1 aliphatic heterocycles. The van der Waals surface area contributed by atoms with Gasteiger partial charge in [0.05, 0.1) is 11.1 Å². The van der Waals surface area contributed by atoms with Gasteiger partial charge in [0, 0.05) is 44.4 Å². The molecule has 1 N–H and O–H groups in total. The number of nitrogens with one attached hydrogen (secondary N) is 1. The van der Waals surface area contributed by atoms with Crippen molar-refractivity contribution in [2.75, 3.05) is 19.6 Å². The van der Waals surface area contributed by atoms with Crippen LogP contribution in [0, 0.1) is 19.8 Å². The van der Waals surface area contributed by atoms with Gasteiger partial charge in [-0.3, -0.25) is 19.6 Å². The van der Waals surface area contributed by atoms with E-state index < -0.39 is 0 Å². The smallest absolute Gasteiger partial charge is 0.255 e. The lowest BCUT2D eigenvalue weighted by Gasteiger charge is -2.17. The first kappa shape index (κ1) is 18.0. The molecule has 6 heteroatoms. The Balaban J connectivity index is 1.48. The fraction of sp³-hybridized carbons (Fsp3) is 0.400. The van der Waals surface area contributed by atoms with E-state index in [1.807, 2.05) is 30.9 Å². The molecule has 0 radical (unpaired) electrons. The van der Waals surface area contributed by atoms with Crippen molar-refractivity contribution in [3.8, 4) is 0 Å². The lowest BCUT2D eigenvalue weighted by molar-refractivity contribution is 0.0784. The van der Waals surface area contributed by atoms with E-state index in [4.69, 9.17) is 0 Å². The molecule has 1 aliphatic rings. The molecule has 2 aromatic rings. The zero-order chi connectivity index (χ0) is 18.5. The molecule has 0 bridgehead atoms. The average Bonchev–Trinajstić information content (AvgIpc) is 3.11. The number of aryl methyl sites for hydroxylation is 2. The summed E-state index contributed by atoms with van der Waals surface area (Å²) < 4.78 is 0. The third kappa shape index (κ3) is 4.07. The van der Waals surface area contributed by atoms with E-state index in [0.29, 0.717) is 23.6 Å². The summed E-state index contributed by atoms with van der Waals surface area (Å²) in [6.45, 7) is 5.92. The molecule has 1 unspecified atom stereocenters. The summed E-state index contributed by atoms with van der Waals surface area (Å²) in [5.74, 6) is 0.367. The topological polar surface area (TPSA) is 75.2 Å². The molecular formula is C20H24N4O2. The Morgan fingerprint density at radius 2 is 1.77 bits per heavy atom. The quantitative estimate of drug-likeness (QED) is 0.896. The molecule has 6 nitrogen and oxygen atoms in total. The molecule has 26 heavy (non-hydrogen) atoms. The molecule has 0 aromatic carbocycles. The molecule has 3 heterocycles. The second-order valence-electron chi connectivity index (χ2n) is 6.83. The van der Waals surface area contributed by atoms with Crippen LogP contribution in [-0.2, 0) is 0 Å². The first-order valence-corrected chi connectivity index (χ1v) is 8.95. The van der Waals surface area contributed by atoms with Crippen LogP contribution in [-0.4, -0.2) is 46.3 Å². The van der Waals surface area contributed by atoms with Crippen LogP contribution in [0.1, 0.15) is 44.7 Å². The normalized spacial score (nSPS) is 16.5. The summed E-state index contributed by atoms with van der Waals surface area (Å²) in [5.41, 5.74) is 3.16.